The second-order valence-electron chi connectivity index (χ2n) is 5.67. The third-order valence-electron chi connectivity index (χ3n) is 3.84. The van der Waals surface area contributed by atoms with Crippen molar-refractivity contribution in [3.63, 3.8) is 0 Å². The Kier molecular flexibility index (Phi) is 4.84. The van der Waals surface area contributed by atoms with Crippen molar-refractivity contribution in [1.29, 1.82) is 0 Å². The topological polar surface area (TPSA) is 65.7 Å². The van der Waals surface area contributed by atoms with E-state index in [4.69, 9.17) is 13.9 Å². The van der Waals surface area contributed by atoms with Crippen LogP contribution in [-0.2, 0) is 11.2 Å². The predicted molar refractivity (Wildman–Crippen MR) is 94.2 cm³/mol. The first-order chi connectivity index (χ1) is 12.0. The van der Waals surface area contributed by atoms with Crippen LogP contribution in [0.4, 0.5) is 0 Å². The Bertz CT molecular complexity index is 954. The summed E-state index contributed by atoms with van der Waals surface area (Å²) in [5.41, 5.74) is 1.95. The molecule has 1 aromatic heterocycles. The van der Waals surface area contributed by atoms with Crippen LogP contribution in [0.1, 0.15) is 18.1 Å². The van der Waals surface area contributed by atoms with E-state index >= 15 is 0 Å². The van der Waals surface area contributed by atoms with Crippen LogP contribution in [0.3, 0.4) is 0 Å². The van der Waals surface area contributed by atoms with E-state index in [9.17, 15) is 9.59 Å². The van der Waals surface area contributed by atoms with Crippen LogP contribution >= 0.6 is 0 Å². The maximum absolute atomic E-state index is 11.9. The molecule has 3 rings (SSSR count). The van der Waals surface area contributed by atoms with Gasteiger partial charge in [-0.3, -0.25) is 0 Å². The van der Waals surface area contributed by atoms with E-state index in [1.54, 1.807) is 12.1 Å². The first-order valence-electron chi connectivity index (χ1n) is 8.02. The average Bonchev–Trinajstić information content (AvgIpc) is 2.60. The molecule has 25 heavy (non-hydrogen) atoms. The van der Waals surface area contributed by atoms with E-state index in [1.807, 2.05) is 31.2 Å². The Morgan fingerprint density at radius 2 is 1.76 bits per heavy atom. The number of aryl methyl sites for hydroxylation is 2. The van der Waals surface area contributed by atoms with Gasteiger partial charge in [-0.1, -0.05) is 19.1 Å². The summed E-state index contributed by atoms with van der Waals surface area (Å²) in [7, 11) is 0. The average molecular weight is 338 g/mol. The van der Waals surface area contributed by atoms with Crippen LogP contribution in [0.2, 0.25) is 0 Å². The summed E-state index contributed by atoms with van der Waals surface area (Å²) in [6.45, 7) is 3.68. The van der Waals surface area contributed by atoms with E-state index in [1.165, 1.54) is 17.7 Å². The maximum atomic E-state index is 11.9. The lowest BCUT2D eigenvalue weighted by atomic mass is 10.1. The van der Waals surface area contributed by atoms with Crippen molar-refractivity contribution < 1.29 is 18.7 Å². The molecule has 1 heterocycles. The van der Waals surface area contributed by atoms with Gasteiger partial charge in [0.25, 0.3) is 0 Å². The Morgan fingerprint density at radius 1 is 1.04 bits per heavy atom. The lowest BCUT2D eigenvalue weighted by Crippen LogP contribution is -2.17. The minimum atomic E-state index is -0.533. The largest absolute Gasteiger partial charge is 0.482 e. The Morgan fingerprint density at radius 3 is 2.48 bits per heavy atom. The van der Waals surface area contributed by atoms with Crippen molar-refractivity contribution in [2.75, 3.05) is 6.61 Å². The first-order valence-corrected chi connectivity index (χ1v) is 8.02. The summed E-state index contributed by atoms with van der Waals surface area (Å²) in [4.78, 5) is 23.4. The molecule has 0 saturated carbocycles. The van der Waals surface area contributed by atoms with Crippen molar-refractivity contribution in [2.24, 2.45) is 0 Å². The molecule has 5 nitrogen and oxygen atoms in total. The molecule has 0 spiro atoms. The molecule has 0 N–H and O–H groups in total. The van der Waals surface area contributed by atoms with E-state index in [0.29, 0.717) is 17.1 Å². The molecular formula is C20H18O5. The third kappa shape index (κ3) is 4.07. The summed E-state index contributed by atoms with van der Waals surface area (Å²) < 4.78 is 15.8. The molecule has 0 radical (unpaired) electrons. The minimum Gasteiger partial charge on any atom is -0.482 e. The SMILES string of the molecule is CCc1ccc(OCC(=O)Oc2ccc3c(C)cc(=O)oc3c2)cc1. The molecule has 0 unspecified atom stereocenters. The summed E-state index contributed by atoms with van der Waals surface area (Å²) in [6, 6.07) is 13.9. The van der Waals surface area contributed by atoms with E-state index in [2.05, 4.69) is 6.92 Å². The molecule has 0 fully saturated rings. The van der Waals surface area contributed by atoms with Gasteiger partial charge in [0, 0.05) is 17.5 Å². The second kappa shape index (κ2) is 7.21. The number of carbonyl (C=O) groups is 1. The molecule has 0 saturated heterocycles. The Labute approximate surface area is 144 Å². The van der Waals surface area contributed by atoms with Crippen molar-refractivity contribution in [2.45, 2.75) is 20.3 Å². The van der Waals surface area contributed by atoms with Crippen LogP contribution < -0.4 is 15.1 Å². The number of fused-ring (bicyclic) bond motifs is 1. The van der Waals surface area contributed by atoms with Gasteiger partial charge in [0.05, 0.1) is 0 Å². The van der Waals surface area contributed by atoms with Gasteiger partial charge in [0.1, 0.15) is 17.1 Å². The fraction of sp³-hybridized carbons (Fsp3) is 0.200. The smallest absolute Gasteiger partial charge is 0.349 e. The molecular weight excluding hydrogens is 320 g/mol. The van der Waals surface area contributed by atoms with Gasteiger partial charge in [0.2, 0.25) is 0 Å². The van der Waals surface area contributed by atoms with E-state index in [0.717, 1.165) is 17.4 Å². The molecule has 0 aliphatic heterocycles. The fourth-order valence-corrected chi connectivity index (χ4v) is 2.49. The van der Waals surface area contributed by atoms with Gasteiger partial charge >= 0.3 is 11.6 Å². The molecule has 3 aromatic rings. The molecule has 0 amide bonds. The zero-order valence-electron chi connectivity index (χ0n) is 14.1. The van der Waals surface area contributed by atoms with Crippen LogP contribution in [0.15, 0.2) is 57.7 Å². The van der Waals surface area contributed by atoms with E-state index < -0.39 is 11.6 Å². The summed E-state index contributed by atoms with van der Waals surface area (Å²) >= 11 is 0. The highest BCUT2D eigenvalue weighted by atomic mass is 16.6. The monoisotopic (exact) mass is 338 g/mol. The normalized spacial score (nSPS) is 10.6. The zero-order valence-corrected chi connectivity index (χ0v) is 14.1. The molecule has 0 bridgehead atoms. The van der Waals surface area contributed by atoms with Gasteiger partial charge in [-0.25, -0.2) is 9.59 Å². The number of benzene rings is 2. The lowest BCUT2D eigenvalue weighted by molar-refractivity contribution is -0.136. The molecule has 0 aliphatic carbocycles. The van der Waals surface area contributed by atoms with Crippen molar-refractivity contribution in [3.05, 3.63) is 70.1 Å². The third-order valence-corrected chi connectivity index (χ3v) is 3.84. The highest BCUT2D eigenvalue weighted by Crippen LogP contribution is 2.22. The standard InChI is InChI=1S/C20H18O5/c1-3-14-4-6-15(7-5-14)23-12-20(22)24-16-8-9-17-13(2)10-19(21)25-18(17)11-16/h4-11H,3,12H2,1-2H3. The zero-order chi connectivity index (χ0) is 17.8. The summed E-state index contributed by atoms with van der Waals surface area (Å²) in [6.07, 6.45) is 0.944. The molecule has 0 aliphatic rings. The highest BCUT2D eigenvalue weighted by Gasteiger charge is 2.09. The van der Waals surface area contributed by atoms with Crippen LogP contribution in [0, 0.1) is 6.92 Å². The quantitative estimate of drug-likeness (QED) is 0.404. The van der Waals surface area contributed by atoms with Gasteiger partial charge < -0.3 is 13.9 Å². The summed E-state index contributed by atoms with van der Waals surface area (Å²) in [5.74, 6) is 0.374. The van der Waals surface area contributed by atoms with Crippen molar-refractivity contribution in [1.82, 2.24) is 0 Å². The van der Waals surface area contributed by atoms with E-state index in [-0.39, 0.29) is 6.61 Å². The van der Waals surface area contributed by atoms with Gasteiger partial charge in [-0.05, 0) is 48.7 Å². The fourth-order valence-electron chi connectivity index (χ4n) is 2.49. The van der Waals surface area contributed by atoms with Crippen LogP contribution in [0.5, 0.6) is 11.5 Å². The van der Waals surface area contributed by atoms with Gasteiger partial charge in [-0.2, -0.15) is 0 Å². The number of rotatable bonds is 5. The molecule has 2 aromatic carbocycles. The Balaban J connectivity index is 1.66. The second-order valence-corrected chi connectivity index (χ2v) is 5.67. The number of carbonyl (C=O) groups excluding carboxylic acids is 1. The van der Waals surface area contributed by atoms with Crippen LogP contribution in [-0.4, -0.2) is 12.6 Å². The predicted octanol–water partition coefficient (Wildman–Crippen LogP) is 3.65. The first kappa shape index (κ1) is 16.8. The van der Waals surface area contributed by atoms with Crippen LogP contribution in [0.25, 0.3) is 11.0 Å². The Hall–Kier alpha value is -3.08. The van der Waals surface area contributed by atoms with Crippen molar-refractivity contribution in [3.8, 4) is 11.5 Å². The van der Waals surface area contributed by atoms with Gasteiger partial charge in [0.15, 0.2) is 6.61 Å². The number of hydrogen-bond donors (Lipinski definition) is 0. The highest BCUT2D eigenvalue weighted by molar-refractivity contribution is 5.82. The number of esters is 1. The molecule has 0 atom stereocenters. The summed E-state index contributed by atoms with van der Waals surface area (Å²) in [5, 5.41) is 0.798. The minimum absolute atomic E-state index is 0.207. The number of hydrogen-bond acceptors (Lipinski definition) is 5. The molecule has 5 heteroatoms. The lowest BCUT2D eigenvalue weighted by Gasteiger charge is -2.08. The molecule has 128 valence electrons. The van der Waals surface area contributed by atoms with Gasteiger partial charge in [-0.15, -0.1) is 0 Å². The number of ether oxygens (including phenoxy) is 2. The maximum Gasteiger partial charge on any atom is 0.349 e. The van der Waals surface area contributed by atoms with Crippen molar-refractivity contribution >= 4 is 16.9 Å².